The number of nitrogens with one attached hydrogen (secondary N) is 3. The molecule has 11 nitrogen and oxygen atoms in total. The zero-order valence-electron chi connectivity index (χ0n) is 22.9. The average molecular weight is 590 g/mol. The summed E-state index contributed by atoms with van der Waals surface area (Å²) in [5, 5.41) is 14.9. The molecular formula is C30H31N5O6S. The maximum absolute atomic E-state index is 13.4. The van der Waals surface area contributed by atoms with Crippen molar-refractivity contribution in [2.45, 2.75) is 31.2 Å². The van der Waals surface area contributed by atoms with Gasteiger partial charge in [-0.3, -0.25) is 24.6 Å². The molecule has 5 N–H and O–H groups in total. The molecule has 3 aromatic rings. The Morgan fingerprint density at radius 2 is 1.67 bits per heavy atom. The first-order valence-corrected chi connectivity index (χ1v) is 14.3. The summed E-state index contributed by atoms with van der Waals surface area (Å²) >= 11 is 1.38. The summed E-state index contributed by atoms with van der Waals surface area (Å²) in [5.74, 6) is -2.61. The zero-order valence-corrected chi connectivity index (χ0v) is 23.7. The molecule has 3 amide bonds. The predicted molar refractivity (Wildman–Crippen MR) is 155 cm³/mol. The summed E-state index contributed by atoms with van der Waals surface area (Å²) in [5.41, 5.74) is 7.41. The minimum atomic E-state index is -1.07. The molecule has 0 bridgehead atoms. The van der Waals surface area contributed by atoms with Crippen molar-refractivity contribution in [3.63, 3.8) is 0 Å². The Morgan fingerprint density at radius 3 is 2.31 bits per heavy atom. The summed E-state index contributed by atoms with van der Waals surface area (Å²) in [6.07, 6.45) is 0.158. The number of nitrogens with zero attached hydrogens (tertiary/aromatic N) is 1. The minimum absolute atomic E-state index is 0.0535. The van der Waals surface area contributed by atoms with E-state index in [1.54, 1.807) is 47.8 Å². The van der Waals surface area contributed by atoms with Crippen molar-refractivity contribution < 1.29 is 28.7 Å². The highest BCUT2D eigenvalue weighted by molar-refractivity contribution is 7.10. The van der Waals surface area contributed by atoms with Crippen LogP contribution in [0.3, 0.4) is 0 Å². The Hall–Kier alpha value is -4.39. The molecule has 1 spiro atoms. The van der Waals surface area contributed by atoms with Gasteiger partial charge in [-0.15, -0.1) is 11.3 Å². The number of ketones is 1. The normalized spacial score (nSPS) is 18.0. The second-order valence-corrected chi connectivity index (χ2v) is 11.1. The third-order valence-corrected chi connectivity index (χ3v) is 8.41. The van der Waals surface area contributed by atoms with Crippen LogP contribution in [-0.4, -0.2) is 72.4 Å². The van der Waals surface area contributed by atoms with Gasteiger partial charge < -0.3 is 30.7 Å². The molecule has 2 atom stereocenters. The van der Waals surface area contributed by atoms with Gasteiger partial charge in [0.1, 0.15) is 11.9 Å². The standard InChI is InChI=1S/C30H31N5O6S/c1-18(24-13-22(16-42-24)27(31)32)34-29(39)23-14-30(40-11-12-41-30)17-35(23)25(36)15-33-28(38)21-9-7-20(8-10-21)26(37)19-5-3-2-4-6-19/h2-10,13,16,18,23H,11-12,14-15,17H2,1H3,(H3,31,32)(H,33,38)(H,34,39)/t18?,23-/m0/s1. The van der Waals surface area contributed by atoms with E-state index in [-0.39, 0.29) is 48.6 Å². The molecule has 3 heterocycles. The van der Waals surface area contributed by atoms with Crippen LogP contribution < -0.4 is 16.4 Å². The van der Waals surface area contributed by atoms with Crippen molar-refractivity contribution in [2.24, 2.45) is 5.73 Å². The fraction of sp³-hybridized carbons (Fsp3) is 0.300. The number of hydrogen-bond donors (Lipinski definition) is 4. The summed E-state index contributed by atoms with van der Waals surface area (Å²) in [6, 6.07) is 15.5. The topological polar surface area (TPSA) is 164 Å². The lowest BCUT2D eigenvalue weighted by molar-refractivity contribution is -0.152. The molecule has 2 fully saturated rings. The van der Waals surface area contributed by atoms with Crippen LogP contribution in [0, 0.1) is 5.41 Å². The van der Waals surface area contributed by atoms with Crippen molar-refractivity contribution in [1.29, 1.82) is 5.41 Å². The van der Waals surface area contributed by atoms with Crippen molar-refractivity contribution in [3.8, 4) is 0 Å². The van der Waals surface area contributed by atoms with E-state index in [0.717, 1.165) is 4.88 Å². The van der Waals surface area contributed by atoms with Gasteiger partial charge in [-0.1, -0.05) is 42.5 Å². The summed E-state index contributed by atoms with van der Waals surface area (Å²) in [4.78, 5) is 54.3. The van der Waals surface area contributed by atoms with E-state index in [4.69, 9.17) is 20.6 Å². The number of carbonyl (C=O) groups excluding carboxylic acids is 4. The van der Waals surface area contributed by atoms with Crippen LogP contribution in [-0.2, 0) is 19.1 Å². The third kappa shape index (κ3) is 6.25. The van der Waals surface area contributed by atoms with Gasteiger partial charge in [0.2, 0.25) is 11.8 Å². The minimum Gasteiger partial charge on any atom is -0.384 e. The first kappa shape index (κ1) is 29.1. The lowest BCUT2D eigenvalue weighted by atomic mass is 10.0. The molecule has 2 saturated heterocycles. The Kier molecular flexibility index (Phi) is 8.48. The number of rotatable bonds is 9. The smallest absolute Gasteiger partial charge is 0.251 e. The monoisotopic (exact) mass is 589 g/mol. The molecule has 12 heteroatoms. The highest BCUT2D eigenvalue weighted by Crippen LogP contribution is 2.35. The van der Waals surface area contributed by atoms with Crippen LogP contribution in [0.2, 0.25) is 0 Å². The molecule has 2 aromatic carbocycles. The molecule has 1 aromatic heterocycles. The molecule has 0 saturated carbocycles. The highest BCUT2D eigenvalue weighted by Gasteiger charge is 2.52. The van der Waals surface area contributed by atoms with E-state index in [1.807, 2.05) is 13.0 Å². The number of nitrogen functional groups attached to an aromatic ring is 1. The Labute approximate surface area is 246 Å². The van der Waals surface area contributed by atoms with Crippen LogP contribution >= 0.6 is 11.3 Å². The fourth-order valence-corrected chi connectivity index (χ4v) is 5.95. The molecule has 0 radical (unpaired) electrons. The van der Waals surface area contributed by atoms with E-state index in [9.17, 15) is 19.2 Å². The van der Waals surface area contributed by atoms with Gasteiger partial charge in [-0.2, -0.15) is 0 Å². The Morgan fingerprint density at radius 1 is 1.02 bits per heavy atom. The maximum Gasteiger partial charge on any atom is 0.251 e. The fourth-order valence-electron chi connectivity index (χ4n) is 5.03. The van der Waals surface area contributed by atoms with E-state index in [2.05, 4.69) is 10.6 Å². The molecule has 0 aliphatic carbocycles. The number of thiophene rings is 1. The molecule has 5 rings (SSSR count). The van der Waals surface area contributed by atoms with Crippen LogP contribution in [0.5, 0.6) is 0 Å². The van der Waals surface area contributed by atoms with Crippen molar-refractivity contribution >= 4 is 40.7 Å². The molecular weight excluding hydrogens is 558 g/mol. The summed E-state index contributed by atoms with van der Waals surface area (Å²) in [7, 11) is 0. The van der Waals surface area contributed by atoms with Crippen molar-refractivity contribution in [1.82, 2.24) is 15.5 Å². The molecule has 2 aliphatic rings. The van der Waals surface area contributed by atoms with Gasteiger partial charge in [0.25, 0.3) is 5.91 Å². The van der Waals surface area contributed by atoms with Gasteiger partial charge in [0.05, 0.1) is 32.3 Å². The number of nitrogens with two attached hydrogens (primary N) is 1. The number of amidine groups is 1. The van der Waals surface area contributed by atoms with Gasteiger partial charge in [0, 0.05) is 38.9 Å². The highest BCUT2D eigenvalue weighted by atomic mass is 32.1. The Bertz CT molecular complexity index is 1500. The number of likely N-dealkylation sites (tertiary alicyclic amines) is 1. The third-order valence-electron chi connectivity index (χ3n) is 7.29. The quantitative estimate of drug-likeness (QED) is 0.169. The van der Waals surface area contributed by atoms with Gasteiger partial charge in [0.15, 0.2) is 11.6 Å². The first-order chi connectivity index (χ1) is 20.2. The number of ether oxygens (including phenoxy) is 2. The SMILES string of the molecule is CC(NC(=O)[C@@H]1CC2(CN1C(=O)CNC(=O)c1ccc(C(=O)c3ccccc3)cc1)OCCO2)c1cc(C(=N)N)cs1. The summed E-state index contributed by atoms with van der Waals surface area (Å²) in [6.45, 7) is 2.24. The van der Waals surface area contributed by atoms with E-state index >= 15 is 0 Å². The van der Waals surface area contributed by atoms with Crippen molar-refractivity contribution in [2.75, 3.05) is 26.3 Å². The molecule has 218 valence electrons. The van der Waals surface area contributed by atoms with Gasteiger partial charge in [-0.05, 0) is 25.1 Å². The van der Waals surface area contributed by atoms with E-state index in [1.165, 1.54) is 28.4 Å². The molecule has 2 aliphatic heterocycles. The first-order valence-electron chi connectivity index (χ1n) is 13.4. The molecule has 42 heavy (non-hydrogen) atoms. The lowest BCUT2D eigenvalue weighted by Gasteiger charge is -2.25. The Balaban J connectivity index is 1.22. The summed E-state index contributed by atoms with van der Waals surface area (Å²) < 4.78 is 11.6. The van der Waals surface area contributed by atoms with Crippen LogP contribution in [0.25, 0.3) is 0 Å². The predicted octanol–water partition coefficient (Wildman–Crippen LogP) is 2.21. The second-order valence-electron chi connectivity index (χ2n) is 10.2. The van der Waals surface area contributed by atoms with Gasteiger partial charge in [-0.25, -0.2) is 0 Å². The van der Waals surface area contributed by atoms with Crippen molar-refractivity contribution in [3.05, 3.63) is 93.2 Å². The largest absolute Gasteiger partial charge is 0.384 e. The van der Waals surface area contributed by atoms with E-state index in [0.29, 0.717) is 29.9 Å². The number of benzene rings is 2. The number of carbonyl (C=O) groups is 4. The van der Waals surface area contributed by atoms with Crippen LogP contribution in [0.1, 0.15) is 56.1 Å². The second kappa shape index (κ2) is 12.2. The number of hydrogen-bond acceptors (Lipinski definition) is 8. The maximum atomic E-state index is 13.4. The lowest BCUT2D eigenvalue weighted by Crippen LogP contribution is -2.49. The molecule has 1 unspecified atom stereocenters. The van der Waals surface area contributed by atoms with Crippen LogP contribution in [0.15, 0.2) is 66.0 Å². The van der Waals surface area contributed by atoms with E-state index < -0.39 is 23.6 Å². The van der Waals surface area contributed by atoms with Crippen LogP contribution in [0.4, 0.5) is 0 Å². The number of amides is 3. The average Bonchev–Trinajstić information content (AvgIpc) is 3.77. The zero-order chi connectivity index (χ0) is 29.9. The van der Waals surface area contributed by atoms with Gasteiger partial charge >= 0.3 is 0 Å².